The molecular formula is C30H42N8O2S. The van der Waals surface area contributed by atoms with E-state index in [4.69, 9.17) is 29.4 Å². The first-order chi connectivity index (χ1) is 19.9. The second kappa shape index (κ2) is 17.3. The van der Waals surface area contributed by atoms with Gasteiger partial charge < -0.3 is 21.8 Å². The first-order valence-electron chi connectivity index (χ1n) is 14.5. The number of anilines is 2. The molecule has 0 radical (unpaired) electrons. The predicted molar refractivity (Wildman–Crippen MR) is 166 cm³/mol. The van der Waals surface area contributed by atoms with Crippen molar-refractivity contribution in [3.05, 3.63) is 47.9 Å². The van der Waals surface area contributed by atoms with E-state index in [-0.39, 0.29) is 12.3 Å². The van der Waals surface area contributed by atoms with Gasteiger partial charge in [0.15, 0.2) is 11.6 Å². The molecule has 4 heterocycles. The van der Waals surface area contributed by atoms with Crippen molar-refractivity contribution in [2.75, 3.05) is 18.0 Å². The number of aromatic nitrogens is 5. The molecule has 3 aromatic heterocycles. The summed E-state index contributed by atoms with van der Waals surface area (Å²) in [5.74, 6) is 3.02. The smallest absolute Gasteiger partial charge is 0.194 e. The largest absolute Gasteiger partial charge is 0.384 e. The number of nitrogen functional groups attached to an aromatic ring is 2. The molecule has 41 heavy (non-hydrogen) atoms. The van der Waals surface area contributed by atoms with Crippen LogP contribution in [0.5, 0.6) is 0 Å². The maximum atomic E-state index is 10.9. The molecule has 2 saturated carbocycles. The second-order valence-corrected chi connectivity index (χ2v) is 10.8. The molecule has 0 bridgehead atoms. The van der Waals surface area contributed by atoms with Crippen LogP contribution in [-0.4, -0.2) is 47.7 Å². The highest BCUT2D eigenvalue weighted by Crippen LogP contribution is 2.21. The molecule has 0 saturated heterocycles. The van der Waals surface area contributed by atoms with Gasteiger partial charge in [-0.3, -0.25) is 9.59 Å². The third kappa shape index (κ3) is 11.1. The molecule has 2 aliphatic carbocycles. The van der Waals surface area contributed by atoms with Gasteiger partial charge in [0.05, 0.1) is 6.54 Å². The van der Waals surface area contributed by atoms with Crippen molar-refractivity contribution in [3.63, 3.8) is 0 Å². The summed E-state index contributed by atoms with van der Waals surface area (Å²) < 4.78 is 2.14. The topological polar surface area (TPSA) is 169 Å². The van der Waals surface area contributed by atoms with Gasteiger partial charge in [-0.05, 0) is 80.5 Å². The van der Waals surface area contributed by atoms with E-state index in [1.165, 1.54) is 56.2 Å². The fourth-order valence-corrected chi connectivity index (χ4v) is 4.97. The summed E-state index contributed by atoms with van der Waals surface area (Å²) in [5, 5.41) is 8.40. The molecule has 0 spiro atoms. The van der Waals surface area contributed by atoms with Gasteiger partial charge in [-0.1, -0.05) is 37.2 Å². The number of hydrogen-bond acceptors (Lipinski definition) is 10. The number of thiocarbonyl (C=S) groups is 1. The fourth-order valence-electron chi connectivity index (χ4n) is 4.68. The molecule has 6 rings (SSSR count). The summed E-state index contributed by atoms with van der Waals surface area (Å²) in [4.78, 5) is 30.8. The molecule has 0 unspecified atom stereocenters. The fraction of sp³-hybridized carbons (Fsp3) is 0.500. The maximum Gasteiger partial charge on any atom is 0.194 e. The van der Waals surface area contributed by atoms with Crippen LogP contribution in [0.15, 0.2) is 36.4 Å². The lowest BCUT2D eigenvalue weighted by Gasteiger charge is -2.14. The van der Waals surface area contributed by atoms with E-state index in [2.05, 4.69) is 24.7 Å². The number of aryl methyl sites for hydroxylation is 1. The number of nitrogens with zero attached hydrogens (tertiary/aromatic N) is 5. The number of rotatable bonds is 3. The summed E-state index contributed by atoms with van der Waals surface area (Å²) in [6, 6.07) is 10.5. The van der Waals surface area contributed by atoms with E-state index in [1.54, 1.807) is 24.3 Å². The lowest BCUT2D eigenvalue weighted by atomic mass is 10.00. The molecular weight excluding hydrogens is 536 g/mol. The van der Waals surface area contributed by atoms with Gasteiger partial charge >= 0.3 is 0 Å². The molecule has 3 aromatic rings. The summed E-state index contributed by atoms with van der Waals surface area (Å²) in [6.45, 7) is 0.949. The molecule has 220 valence electrons. The summed E-state index contributed by atoms with van der Waals surface area (Å²) in [7, 11) is 0. The van der Waals surface area contributed by atoms with Gasteiger partial charge in [0, 0.05) is 25.8 Å². The third-order valence-electron chi connectivity index (χ3n) is 6.92. The number of ketones is 2. The van der Waals surface area contributed by atoms with Crippen LogP contribution in [0, 0.1) is 0 Å². The average molecular weight is 579 g/mol. The Morgan fingerprint density at radius 1 is 0.780 bits per heavy atom. The number of pyridine rings is 2. The summed E-state index contributed by atoms with van der Waals surface area (Å²) in [6.07, 6.45) is 15.2. The zero-order valence-electron chi connectivity index (χ0n) is 23.8. The highest BCUT2D eigenvalue weighted by Gasteiger charge is 2.17. The predicted octanol–water partition coefficient (Wildman–Crippen LogP) is 4.90. The average Bonchev–Trinajstić information content (AvgIpc) is 3.43. The minimum absolute atomic E-state index is 0.0313. The SMILES string of the molecule is NCC(=O)c1cccc(N)n1.Nc1cccc(-c2nnc3n2CCCC3)n1.O=C1CCCCC1.S=C1CCCCC1. The minimum atomic E-state index is -0.197. The van der Waals surface area contributed by atoms with Crippen LogP contribution < -0.4 is 17.2 Å². The van der Waals surface area contributed by atoms with E-state index < -0.39 is 0 Å². The van der Waals surface area contributed by atoms with Gasteiger partial charge in [-0.2, -0.15) is 0 Å². The van der Waals surface area contributed by atoms with E-state index in [9.17, 15) is 9.59 Å². The zero-order valence-corrected chi connectivity index (χ0v) is 24.6. The Morgan fingerprint density at radius 2 is 1.39 bits per heavy atom. The lowest BCUT2D eigenvalue weighted by molar-refractivity contribution is -0.120. The quantitative estimate of drug-likeness (QED) is 0.287. The number of Topliss-reactive ketones (excluding diaryl/α,β-unsaturated/α-hetero) is 2. The van der Waals surface area contributed by atoms with Crippen LogP contribution in [0.2, 0.25) is 0 Å². The highest BCUT2D eigenvalue weighted by molar-refractivity contribution is 7.80. The van der Waals surface area contributed by atoms with E-state index in [1.807, 2.05) is 12.1 Å². The molecule has 1 aliphatic heterocycles. The number of carbonyl (C=O) groups excluding carboxylic acids is 2. The van der Waals surface area contributed by atoms with Gasteiger partial charge in [-0.25, -0.2) is 9.97 Å². The molecule has 11 heteroatoms. The Morgan fingerprint density at radius 3 is 1.93 bits per heavy atom. The molecule has 3 aliphatic rings. The number of nitrogens with two attached hydrogens (primary N) is 3. The minimum Gasteiger partial charge on any atom is -0.384 e. The van der Waals surface area contributed by atoms with Gasteiger partial charge in [0.2, 0.25) is 0 Å². The van der Waals surface area contributed by atoms with Crippen molar-refractivity contribution in [2.24, 2.45) is 5.73 Å². The Labute approximate surface area is 247 Å². The van der Waals surface area contributed by atoms with Crippen LogP contribution >= 0.6 is 12.2 Å². The van der Waals surface area contributed by atoms with Gasteiger partial charge in [0.1, 0.15) is 34.6 Å². The van der Waals surface area contributed by atoms with Crippen molar-refractivity contribution in [3.8, 4) is 11.5 Å². The van der Waals surface area contributed by atoms with Crippen molar-refractivity contribution in [1.29, 1.82) is 0 Å². The zero-order chi connectivity index (χ0) is 29.5. The molecule has 6 N–H and O–H groups in total. The highest BCUT2D eigenvalue weighted by atomic mass is 32.1. The lowest BCUT2D eigenvalue weighted by Crippen LogP contribution is -2.15. The molecule has 0 atom stereocenters. The Kier molecular flexibility index (Phi) is 13.5. The molecule has 0 aromatic carbocycles. The van der Waals surface area contributed by atoms with Gasteiger partial charge in [-0.15, -0.1) is 10.2 Å². The van der Waals surface area contributed by atoms with E-state index in [0.29, 0.717) is 23.1 Å². The van der Waals surface area contributed by atoms with Crippen LogP contribution in [0.1, 0.15) is 93.4 Å². The standard InChI is InChI=1S/C11H13N5.C7H9N3O.C6H10O.C6H10S/c12-9-5-3-4-8(13-9)11-15-14-10-6-1-2-7-16(10)11;8-4-6(11)5-2-1-3-7(9)10-5;2*7-6-4-2-1-3-5-6/h3-5H,1-2,6-7H2,(H2,12,13);1-3H,4,8H2,(H2,9,10);2*1-5H2. The third-order valence-corrected chi connectivity index (χ3v) is 7.33. The van der Waals surface area contributed by atoms with Crippen LogP contribution in [0.3, 0.4) is 0 Å². The summed E-state index contributed by atoms with van der Waals surface area (Å²) in [5.41, 5.74) is 17.3. The van der Waals surface area contributed by atoms with E-state index in [0.717, 1.165) is 56.0 Å². The Hall–Kier alpha value is -3.57. The first-order valence-corrected chi connectivity index (χ1v) is 14.9. The monoisotopic (exact) mass is 578 g/mol. The molecule has 2 fully saturated rings. The van der Waals surface area contributed by atoms with E-state index >= 15 is 0 Å². The molecule has 0 amide bonds. The number of fused-ring (bicyclic) bond motifs is 1. The number of carbonyl (C=O) groups is 2. The number of hydrogen-bond donors (Lipinski definition) is 3. The maximum absolute atomic E-state index is 10.9. The summed E-state index contributed by atoms with van der Waals surface area (Å²) >= 11 is 5.01. The van der Waals surface area contributed by atoms with Crippen LogP contribution in [-0.2, 0) is 17.8 Å². The van der Waals surface area contributed by atoms with Crippen molar-refractivity contribution < 1.29 is 9.59 Å². The van der Waals surface area contributed by atoms with Crippen molar-refractivity contribution >= 4 is 40.3 Å². The Bertz CT molecular complexity index is 1260. The van der Waals surface area contributed by atoms with Crippen molar-refractivity contribution in [1.82, 2.24) is 24.7 Å². The van der Waals surface area contributed by atoms with Gasteiger partial charge in [0.25, 0.3) is 0 Å². The normalized spacial score (nSPS) is 16.0. The second-order valence-electron chi connectivity index (χ2n) is 10.3. The van der Waals surface area contributed by atoms with Crippen molar-refractivity contribution in [2.45, 2.75) is 90.0 Å². The molecule has 10 nitrogen and oxygen atoms in total. The first kappa shape index (κ1) is 32.0. The van der Waals surface area contributed by atoms with Crippen LogP contribution in [0.4, 0.5) is 11.6 Å². The van der Waals surface area contributed by atoms with Crippen LogP contribution in [0.25, 0.3) is 11.5 Å². The Balaban J connectivity index is 0.000000161.